The summed E-state index contributed by atoms with van der Waals surface area (Å²) in [6, 6.07) is 5.87. The van der Waals surface area contributed by atoms with Crippen LogP contribution in [0.15, 0.2) is 29.6 Å². The van der Waals surface area contributed by atoms with Gasteiger partial charge in [0.1, 0.15) is 5.56 Å². The number of benzene rings is 1. The molecule has 2 heterocycles. The van der Waals surface area contributed by atoms with Crippen LogP contribution < -0.4 is 10.1 Å². The maximum atomic E-state index is 12.4. The van der Waals surface area contributed by atoms with Crippen LogP contribution in [0.3, 0.4) is 0 Å². The number of hydrogen-bond acceptors (Lipinski definition) is 6. The third-order valence-corrected chi connectivity index (χ3v) is 5.44. The molecule has 0 atom stereocenters. The fourth-order valence-corrected chi connectivity index (χ4v) is 3.66. The minimum atomic E-state index is -0.0788. The largest absolute Gasteiger partial charge is 0.479 e. The summed E-state index contributed by atoms with van der Waals surface area (Å²) in [5.41, 5.74) is 3.82. The molecule has 0 fully saturated rings. The molecule has 0 unspecified atom stereocenters. The number of nitrogens with one attached hydrogen (secondary N) is 1. The Morgan fingerprint density at radius 1 is 1.29 bits per heavy atom. The molecule has 0 spiro atoms. The van der Waals surface area contributed by atoms with E-state index in [1.165, 1.54) is 11.8 Å². The van der Waals surface area contributed by atoms with Crippen molar-refractivity contribution >= 4 is 23.4 Å². The fourth-order valence-electron chi connectivity index (χ4n) is 2.85. The summed E-state index contributed by atoms with van der Waals surface area (Å²) in [6.07, 6.45) is 1.84. The lowest BCUT2D eigenvalue weighted by molar-refractivity contribution is -0.113. The van der Waals surface area contributed by atoms with Gasteiger partial charge in [0, 0.05) is 25.5 Å². The van der Waals surface area contributed by atoms with Gasteiger partial charge in [-0.1, -0.05) is 23.9 Å². The molecule has 0 aliphatic heterocycles. The van der Waals surface area contributed by atoms with Gasteiger partial charge in [0.05, 0.1) is 12.9 Å². The number of rotatable bonds is 7. The molecule has 9 heteroatoms. The first-order valence-corrected chi connectivity index (χ1v) is 9.93. The highest BCUT2D eigenvalue weighted by molar-refractivity contribution is 7.99. The smallest absolute Gasteiger partial charge is 0.243 e. The van der Waals surface area contributed by atoms with Gasteiger partial charge in [0.15, 0.2) is 11.0 Å². The number of carbonyl (C=O) groups is 1. The van der Waals surface area contributed by atoms with Crippen LogP contribution >= 0.6 is 11.8 Å². The minimum absolute atomic E-state index is 0.0788. The second kappa shape index (κ2) is 8.47. The Labute approximate surface area is 168 Å². The quantitative estimate of drug-likeness (QED) is 0.614. The van der Waals surface area contributed by atoms with Gasteiger partial charge in [0.2, 0.25) is 11.8 Å². The Bertz CT molecular complexity index is 994. The van der Waals surface area contributed by atoms with Gasteiger partial charge in [-0.2, -0.15) is 0 Å². The molecule has 28 heavy (non-hydrogen) atoms. The van der Waals surface area contributed by atoms with Crippen molar-refractivity contribution < 1.29 is 9.53 Å². The van der Waals surface area contributed by atoms with Crippen LogP contribution in [0.1, 0.15) is 18.1 Å². The predicted molar refractivity (Wildman–Crippen MR) is 110 cm³/mol. The molecule has 1 aromatic carbocycles. The van der Waals surface area contributed by atoms with Crippen molar-refractivity contribution in [2.45, 2.75) is 32.5 Å². The Morgan fingerprint density at radius 2 is 2.07 bits per heavy atom. The average Bonchev–Trinajstić information content (AvgIpc) is 3.25. The van der Waals surface area contributed by atoms with Crippen molar-refractivity contribution in [3.63, 3.8) is 0 Å². The Balaban J connectivity index is 1.74. The van der Waals surface area contributed by atoms with E-state index < -0.39 is 0 Å². The van der Waals surface area contributed by atoms with Crippen molar-refractivity contribution in [1.29, 1.82) is 0 Å². The molecule has 3 aromatic rings. The summed E-state index contributed by atoms with van der Waals surface area (Å²) in [7, 11) is 3.40. The number of anilines is 1. The molecule has 0 aliphatic rings. The van der Waals surface area contributed by atoms with Crippen molar-refractivity contribution in [2.75, 3.05) is 18.2 Å². The first-order valence-electron chi connectivity index (χ1n) is 8.94. The van der Waals surface area contributed by atoms with E-state index in [9.17, 15) is 4.79 Å². The molecular formula is C19H24N6O2S. The van der Waals surface area contributed by atoms with Gasteiger partial charge in [-0.05, 0) is 38.0 Å². The van der Waals surface area contributed by atoms with Gasteiger partial charge in [-0.3, -0.25) is 9.48 Å². The summed E-state index contributed by atoms with van der Waals surface area (Å²) in [6.45, 7) is 6.70. The van der Waals surface area contributed by atoms with Gasteiger partial charge in [0.25, 0.3) is 0 Å². The highest BCUT2D eigenvalue weighted by Crippen LogP contribution is 2.30. The number of ether oxygens (including phenoxy) is 1. The minimum Gasteiger partial charge on any atom is -0.479 e. The highest BCUT2D eigenvalue weighted by Gasteiger charge is 2.20. The topological polar surface area (TPSA) is 86.9 Å². The number of methoxy groups -OCH3 is 1. The summed E-state index contributed by atoms with van der Waals surface area (Å²) in [5.74, 6) is 1.33. The van der Waals surface area contributed by atoms with Crippen molar-refractivity contribution in [3.05, 3.63) is 35.5 Å². The number of nitrogens with zero attached hydrogens (tertiary/aromatic N) is 5. The fraction of sp³-hybridized carbons (Fsp3) is 0.368. The second-order valence-electron chi connectivity index (χ2n) is 6.36. The van der Waals surface area contributed by atoms with Gasteiger partial charge in [-0.25, -0.2) is 0 Å². The van der Waals surface area contributed by atoms with Crippen molar-refractivity contribution in [2.24, 2.45) is 7.05 Å². The van der Waals surface area contributed by atoms with Gasteiger partial charge >= 0.3 is 0 Å². The summed E-state index contributed by atoms with van der Waals surface area (Å²) < 4.78 is 8.96. The highest BCUT2D eigenvalue weighted by atomic mass is 32.2. The van der Waals surface area contributed by atoms with Crippen molar-refractivity contribution in [1.82, 2.24) is 24.5 Å². The lowest BCUT2D eigenvalue weighted by Gasteiger charge is -2.10. The van der Waals surface area contributed by atoms with Gasteiger partial charge in [-0.15, -0.1) is 15.3 Å². The van der Waals surface area contributed by atoms with E-state index >= 15 is 0 Å². The summed E-state index contributed by atoms with van der Waals surface area (Å²) in [4.78, 5) is 12.4. The maximum Gasteiger partial charge on any atom is 0.243 e. The summed E-state index contributed by atoms with van der Waals surface area (Å²) >= 11 is 1.35. The molecule has 3 rings (SSSR count). The van der Waals surface area contributed by atoms with E-state index in [4.69, 9.17) is 4.74 Å². The standard InChI is InChI=1S/C19H24N6O2S/c1-6-25-17(14-10-24(4)23-18(14)27-5)21-22-19(25)28-11-16(26)20-15-9-7-8-12(2)13(15)3/h7-10H,6,11H2,1-5H3,(H,20,26). The summed E-state index contributed by atoms with van der Waals surface area (Å²) in [5, 5.41) is 16.5. The van der Waals surface area contributed by atoms with E-state index in [1.807, 2.05) is 56.8 Å². The number of amides is 1. The maximum absolute atomic E-state index is 12.4. The predicted octanol–water partition coefficient (Wildman–Crippen LogP) is 3.05. The zero-order valence-electron chi connectivity index (χ0n) is 16.7. The number of hydrogen-bond donors (Lipinski definition) is 1. The molecule has 8 nitrogen and oxygen atoms in total. The molecule has 0 aliphatic carbocycles. The molecule has 1 N–H and O–H groups in total. The van der Waals surface area contributed by atoms with Crippen LogP contribution in [0.4, 0.5) is 5.69 Å². The molecule has 1 amide bonds. The molecular weight excluding hydrogens is 376 g/mol. The third-order valence-electron chi connectivity index (χ3n) is 4.47. The van der Waals surface area contributed by atoms with Crippen LogP contribution in [0.25, 0.3) is 11.4 Å². The molecule has 0 radical (unpaired) electrons. The Kier molecular flexibility index (Phi) is 6.03. The molecule has 2 aromatic heterocycles. The number of carbonyl (C=O) groups excluding carboxylic acids is 1. The average molecular weight is 401 g/mol. The lowest BCUT2D eigenvalue weighted by atomic mass is 10.1. The number of thioether (sulfide) groups is 1. The normalized spacial score (nSPS) is 10.9. The van der Waals surface area contributed by atoms with E-state index in [0.717, 1.165) is 22.4 Å². The van der Waals surface area contributed by atoms with Crippen LogP contribution in [-0.2, 0) is 18.4 Å². The molecule has 0 bridgehead atoms. The van der Waals surface area contributed by atoms with E-state index in [-0.39, 0.29) is 11.7 Å². The zero-order chi connectivity index (χ0) is 20.3. The van der Waals surface area contributed by atoms with Crippen LogP contribution in [-0.4, -0.2) is 43.3 Å². The number of aryl methyl sites for hydroxylation is 2. The molecule has 0 saturated carbocycles. The third kappa shape index (κ3) is 4.04. The lowest BCUT2D eigenvalue weighted by Crippen LogP contribution is -2.15. The molecule has 0 saturated heterocycles. The second-order valence-corrected chi connectivity index (χ2v) is 7.30. The first kappa shape index (κ1) is 19.9. The van der Waals surface area contributed by atoms with Crippen molar-refractivity contribution in [3.8, 4) is 17.3 Å². The Hall–Kier alpha value is -2.81. The van der Waals surface area contributed by atoms with Gasteiger partial charge < -0.3 is 14.6 Å². The molecule has 148 valence electrons. The zero-order valence-corrected chi connectivity index (χ0v) is 17.5. The van der Waals surface area contributed by atoms with E-state index in [0.29, 0.717) is 23.4 Å². The van der Waals surface area contributed by atoms with E-state index in [1.54, 1.807) is 11.8 Å². The van der Waals surface area contributed by atoms with Crippen LogP contribution in [0, 0.1) is 13.8 Å². The monoisotopic (exact) mass is 400 g/mol. The van der Waals surface area contributed by atoms with E-state index in [2.05, 4.69) is 20.6 Å². The first-order chi connectivity index (χ1) is 13.4. The Morgan fingerprint density at radius 3 is 2.79 bits per heavy atom. The SMILES string of the molecule is CCn1c(SCC(=O)Nc2cccc(C)c2C)nnc1-c1cn(C)nc1OC. The van der Waals surface area contributed by atoms with Crippen LogP contribution in [0.5, 0.6) is 5.88 Å². The van der Waals surface area contributed by atoms with Crippen LogP contribution in [0.2, 0.25) is 0 Å². The number of aromatic nitrogens is 5.